The predicted molar refractivity (Wildman–Crippen MR) is 62.6 cm³/mol. The summed E-state index contributed by atoms with van der Waals surface area (Å²) in [5.74, 6) is 2.02. The number of nitrogens with zero attached hydrogens (tertiary/aromatic N) is 1. The molecule has 1 aromatic heterocycles. The molecule has 0 spiro atoms. The summed E-state index contributed by atoms with van der Waals surface area (Å²) in [6, 6.07) is 7.60. The molecule has 0 atom stereocenters. The van der Waals surface area contributed by atoms with E-state index in [0.717, 1.165) is 30.3 Å². The Morgan fingerprint density at radius 2 is 2.25 bits per heavy atom. The lowest BCUT2D eigenvalue weighted by atomic mass is 10.0. The molecule has 0 radical (unpaired) electrons. The Hall–Kier alpha value is -1.32. The van der Waals surface area contributed by atoms with Crippen LogP contribution in [-0.4, -0.2) is 18.1 Å². The lowest BCUT2D eigenvalue weighted by Crippen LogP contribution is -2.40. The molecular weight excluding hydrogens is 224 g/mol. The predicted octanol–water partition coefficient (Wildman–Crippen LogP) is 2.68. The SMILES string of the molecule is Clc1cccc(-c2cnc(C3CNC3)o2)c1. The van der Waals surface area contributed by atoms with Crippen molar-refractivity contribution in [2.45, 2.75) is 5.92 Å². The second-order valence-electron chi connectivity index (χ2n) is 3.93. The smallest absolute Gasteiger partial charge is 0.200 e. The number of aromatic nitrogens is 1. The zero-order chi connectivity index (χ0) is 11.0. The average molecular weight is 235 g/mol. The Labute approximate surface area is 98.4 Å². The molecule has 1 saturated heterocycles. The fourth-order valence-electron chi connectivity index (χ4n) is 1.71. The van der Waals surface area contributed by atoms with Crippen LogP contribution in [0.2, 0.25) is 5.02 Å². The summed E-state index contributed by atoms with van der Waals surface area (Å²) in [4.78, 5) is 4.29. The van der Waals surface area contributed by atoms with Crippen LogP contribution >= 0.6 is 11.6 Å². The molecule has 1 aliphatic rings. The van der Waals surface area contributed by atoms with Gasteiger partial charge in [0.05, 0.1) is 12.1 Å². The van der Waals surface area contributed by atoms with Gasteiger partial charge in [0.2, 0.25) is 5.89 Å². The van der Waals surface area contributed by atoms with Crippen LogP contribution in [0.15, 0.2) is 34.9 Å². The summed E-state index contributed by atoms with van der Waals surface area (Å²) in [6.45, 7) is 1.91. The Morgan fingerprint density at radius 3 is 2.94 bits per heavy atom. The lowest BCUT2D eigenvalue weighted by Gasteiger charge is -2.23. The number of benzene rings is 1. The minimum Gasteiger partial charge on any atom is -0.440 e. The van der Waals surface area contributed by atoms with Gasteiger partial charge in [-0.05, 0) is 12.1 Å². The van der Waals surface area contributed by atoms with Gasteiger partial charge >= 0.3 is 0 Å². The van der Waals surface area contributed by atoms with Crippen LogP contribution in [0.4, 0.5) is 0 Å². The van der Waals surface area contributed by atoms with Gasteiger partial charge in [-0.3, -0.25) is 0 Å². The van der Waals surface area contributed by atoms with Crippen molar-refractivity contribution in [3.8, 4) is 11.3 Å². The van der Waals surface area contributed by atoms with E-state index in [9.17, 15) is 0 Å². The molecule has 0 unspecified atom stereocenters. The van der Waals surface area contributed by atoms with Gasteiger partial charge < -0.3 is 9.73 Å². The molecule has 4 heteroatoms. The average Bonchev–Trinajstić information content (AvgIpc) is 2.64. The van der Waals surface area contributed by atoms with E-state index >= 15 is 0 Å². The van der Waals surface area contributed by atoms with Crippen LogP contribution in [0.1, 0.15) is 11.8 Å². The first-order chi connectivity index (χ1) is 7.83. The number of hydrogen-bond acceptors (Lipinski definition) is 3. The van der Waals surface area contributed by atoms with E-state index in [1.54, 1.807) is 6.20 Å². The fourth-order valence-corrected chi connectivity index (χ4v) is 1.91. The van der Waals surface area contributed by atoms with Gasteiger partial charge in [-0.2, -0.15) is 0 Å². The van der Waals surface area contributed by atoms with Gasteiger partial charge in [-0.15, -0.1) is 0 Å². The normalized spacial score (nSPS) is 16.1. The first-order valence-electron chi connectivity index (χ1n) is 5.25. The van der Waals surface area contributed by atoms with Gasteiger partial charge in [-0.1, -0.05) is 23.7 Å². The summed E-state index contributed by atoms with van der Waals surface area (Å²) < 4.78 is 5.72. The Kier molecular flexibility index (Phi) is 2.42. The molecule has 2 heterocycles. The second kappa shape index (κ2) is 3.92. The maximum absolute atomic E-state index is 5.93. The van der Waals surface area contributed by atoms with E-state index in [1.165, 1.54) is 0 Å². The molecule has 3 rings (SSSR count). The highest BCUT2D eigenvalue weighted by Gasteiger charge is 2.23. The van der Waals surface area contributed by atoms with Crippen molar-refractivity contribution >= 4 is 11.6 Å². The molecule has 0 amide bonds. The molecule has 0 bridgehead atoms. The first kappa shape index (κ1) is 9.87. The van der Waals surface area contributed by atoms with Crippen LogP contribution < -0.4 is 5.32 Å². The molecule has 82 valence electrons. The van der Waals surface area contributed by atoms with Crippen molar-refractivity contribution in [3.05, 3.63) is 41.4 Å². The Bertz CT molecular complexity index is 505. The molecule has 1 fully saturated rings. The summed E-state index contributed by atoms with van der Waals surface area (Å²) in [5.41, 5.74) is 0.971. The van der Waals surface area contributed by atoms with E-state index in [0.29, 0.717) is 10.9 Å². The van der Waals surface area contributed by atoms with E-state index in [1.807, 2.05) is 24.3 Å². The molecule has 0 aliphatic carbocycles. The van der Waals surface area contributed by atoms with Gasteiger partial charge in [0.1, 0.15) is 0 Å². The van der Waals surface area contributed by atoms with Gasteiger partial charge in [0.25, 0.3) is 0 Å². The van der Waals surface area contributed by atoms with Crippen molar-refractivity contribution in [2.75, 3.05) is 13.1 Å². The quantitative estimate of drug-likeness (QED) is 0.868. The van der Waals surface area contributed by atoms with Crippen LogP contribution in [0, 0.1) is 0 Å². The van der Waals surface area contributed by atoms with E-state index in [4.69, 9.17) is 16.0 Å². The zero-order valence-electron chi connectivity index (χ0n) is 8.61. The maximum Gasteiger partial charge on any atom is 0.200 e. The maximum atomic E-state index is 5.93. The highest BCUT2D eigenvalue weighted by Crippen LogP contribution is 2.27. The van der Waals surface area contributed by atoms with Gasteiger partial charge in [0, 0.05) is 23.7 Å². The van der Waals surface area contributed by atoms with Crippen molar-refractivity contribution in [3.63, 3.8) is 0 Å². The van der Waals surface area contributed by atoms with Crippen LogP contribution in [0.25, 0.3) is 11.3 Å². The van der Waals surface area contributed by atoms with E-state index in [-0.39, 0.29) is 0 Å². The van der Waals surface area contributed by atoms with Crippen LogP contribution in [0.5, 0.6) is 0 Å². The molecule has 1 N–H and O–H groups in total. The standard InChI is InChI=1S/C12H11ClN2O/c13-10-3-1-2-8(4-10)11-7-15-12(16-11)9-5-14-6-9/h1-4,7,9,14H,5-6H2. The van der Waals surface area contributed by atoms with Gasteiger partial charge in [0.15, 0.2) is 5.76 Å². The highest BCUT2D eigenvalue weighted by atomic mass is 35.5. The first-order valence-corrected chi connectivity index (χ1v) is 5.63. The largest absolute Gasteiger partial charge is 0.440 e. The Balaban J connectivity index is 1.91. The summed E-state index contributed by atoms with van der Waals surface area (Å²) in [7, 11) is 0. The monoisotopic (exact) mass is 234 g/mol. The molecule has 3 nitrogen and oxygen atoms in total. The Morgan fingerprint density at radius 1 is 1.38 bits per heavy atom. The number of nitrogens with one attached hydrogen (secondary N) is 1. The molecule has 1 aromatic carbocycles. The van der Waals surface area contributed by atoms with Crippen molar-refractivity contribution in [1.29, 1.82) is 0 Å². The van der Waals surface area contributed by atoms with Crippen LogP contribution in [-0.2, 0) is 0 Å². The van der Waals surface area contributed by atoms with Crippen molar-refractivity contribution in [2.24, 2.45) is 0 Å². The van der Waals surface area contributed by atoms with Gasteiger partial charge in [-0.25, -0.2) is 4.98 Å². The fraction of sp³-hybridized carbons (Fsp3) is 0.250. The van der Waals surface area contributed by atoms with E-state index in [2.05, 4.69) is 10.3 Å². The molecule has 2 aromatic rings. The topological polar surface area (TPSA) is 38.1 Å². The highest BCUT2D eigenvalue weighted by molar-refractivity contribution is 6.30. The second-order valence-corrected chi connectivity index (χ2v) is 4.36. The minimum absolute atomic E-state index is 0.424. The number of hydrogen-bond donors (Lipinski definition) is 1. The van der Waals surface area contributed by atoms with Crippen LogP contribution in [0.3, 0.4) is 0 Å². The third-order valence-electron chi connectivity index (χ3n) is 2.76. The van der Waals surface area contributed by atoms with E-state index < -0.39 is 0 Å². The van der Waals surface area contributed by atoms with Crippen molar-refractivity contribution in [1.82, 2.24) is 10.3 Å². The van der Waals surface area contributed by atoms with Crippen molar-refractivity contribution < 1.29 is 4.42 Å². The number of rotatable bonds is 2. The zero-order valence-corrected chi connectivity index (χ0v) is 9.37. The molecule has 16 heavy (non-hydrogen) atoms. The third-order valence-corrected chi connectivity index (χ3v) is 3.00. The third kappa shape index (κ3) is 1.72. The lowest BCUT2D eigenvalue weighted by molar-refractivity contribution is 0.361. The molecular formula is C12H11ClN2O. The molecule has 1 aliphatic heterocycles. The number of halogens is 1. The molecule has 0 saturated carbocycles. The summed E-state index contributed by atoms with van der Waals surface area (Å²) >= 11 is 5.93. The number of oxazole rings is 1. The minimum atomic E-state index is 0.424. The summed E-state index contributed by atoms with van der Waals surface area (Å²) in [6.07, 6.45) is 1.76. The summed E-state index contributed by atoms with van der Waals surface area (Å²) in [5, 5.41) is 3.91.